The van der Waals surface area contributed by atoms with Gasteiger partial charge in [-0.05, 0) is 48.6 Å². The Kier molecular flexibility index (Phi) is 6.68. The fourth-order valence-electron chi connectivity index (χ4n) is 3.23. The third kappa shape index (κ3) is 5.45. The van der Waals surface area contributed by atoms with Gasteiger partial charge in [0.15, 0.2) is 0 Å². The maximum absolute atomic E-state index is 11.5. The Bertz CT molecular complexity index is 821. The first kappa shape index (κ1) is 19.2. The fraction of sp³-hybridized carbons (Fsp3) is 0.474. The van der Waals surface area contributed by atoms with Crippen molar-refractivity contribution in [1.82, 2.24) is 9.88 Å². The van der Waals surface area contributed by atoms with Crippen LogP contribution in [0.3, 0.4) is 0 Å². The summed E-state index contributed by atoms with van der Waals surface area (Å²) in [7, 11) is 0. The summed E-state index contributed by atoms with van der Waals surface area (Å²) in [5.74, 6) is 0.149. The zero-order chi connectivity index (χ0) is 19.1. The number of azide groups is 1. The van der Waals surface area contributed by atoms with Crippen LogP contribution < -0.4 is 4.90 Å². The van der Waals surface area contributed by atoms with E-state index in [0.717, 1.165) is 51.1 Å². The van der Waals surface area contributed by atoms with Gasteiger partial charge in [-0.1, -0.05) is 5.11 Å². The molecule has 1 fully saturated rings. The lowest BCUT2D eigenvalue weighted by Gasteiger charge is -2.35. The average molecular weight is 385 g/mol. The standard InChI is InChI=1S/C19H24N6OS/c1-15(26)24-8-10-25(11-9-24)17-12-16(13-21-14-17)2-3-18-4-5-19(27-18)6-7-22-23-20/h4-5,12-14H,2-3,6-11H2,1H3. The quantitative estimate of drug-likeness (QED) is 0.416. The van der Waals surface area contributed by atoms with Gasteiger partial charge in [0.2, 0.25) is 5.91 Å². The van der Waals surface area contributed by atoms with Gasteiger partial charge in [-0.2, -0.15) is 0 Å². The predicted molar refractivity (Wildman–Crippen MR) is 108 cm³/mol. The van der Waals surface area contributed by atoms with Crippen molar-refractivity contribution in [2.75, 3.05) is 37.6 Å². The summed E-state index contributed by atoms with van der Waals surface area (Å²) in [5, 5.41) is 3.59. The van der Waals surface area contributed by atoms with Crippen LogP contribution in [0, 0.1) is 0 Å². The molecule has 0 radical (unpaired) electrons. The Morgan fingerprint density at radius 3 is 2.63 bits per heavy atom. The molecule has 1 aliphatic heterocycles. The zero-order valence-corrected chi connectivity index (χ0v) is 16.4. The molecule has 0 aliphatic carbocycles. The molecule has 2 aromatic heterocycles. The summed E-state index contributed by atoms with van der Waals surface area (Å²) in [6.07, 6.45) is 6.58. The molecule has 0 bridgehead atoms. The predicted octanol–water partition coefficient (Wildman–Crippen LogP) is 3.45. The molecule has 1 amide bonds. The summed E-state index contributed by atoms with van der Waals surface area (Å²) < 4.78 is 0. The molecular weight excluding hydrogens is 360 g/mol. The first-order valence-corrected chi connectivity index (χ1v) is 10.00. The molecule has 3 heterocycles. The van der Waals surface area contributed by atoms with Gasteiger partial charge < -0.3 is 9.80 Å². The number of aryl methyl sites for hydroxylation is 2. The highest BCUT2D eigenvalue weighted by atomic mass is 32.1. The van der Waals surface area contributed by atoms with Crippen LogP contribution in [-0.4, -0.2) is 48.5 Å². The third-order valence-corrected chi connectivity index (χ3v) is 5.97. The molecule has 0 saturated carbocycles. The topological polar surface area (TPSA) is 85.2 Å². The number of hydrogen-bond donors (Lipinski definition) is 0. The van der Waals surface area contributed by atoms with E-state index in [9.17, 15) is 4.79 Å². The summed E-state index contributed by atoms with van der Waals surface area (Å²) in [5.41, 5.74) is 10.7. The lowest BCUT2D eigenvalue weighted by molar-refractivity contribution is -0.129. The van der Waals surface area contributed by atoms with Crippen LogP contribution in [0.25, 0.3) is 10.4 Å². The summed E-state index contributed by atoms with van der Waals surface area (Å²) in [4.78, 5) is 25.5. The number of anilines is 1. The van der Waals surface area contributed by atoms with Crippen molar-refractivity contribution >= 4 is 22.9 Å². The van der Waals surface area contributed by atoms with Crippen molar-refractivity contribution in [3.05, 3.63) is 56.4 Å². The van der Waals surface area contributed by atoms with E-state index in [0.29, 0.717) is 6.54 Å². The van der Waals surface area contributed by atoms with Crippen LogP contribution in [0.2, 0.25) is 0 Å². The molecule has 0 N–H and O–H groups in total. The highest BCUT2D eigenvalue weighted by Crippen LogP contribution is 2.21. The molecule has 1 saturated heterocycles. The third-order valence-electron chi connectivity index (χ3n) is 4.77. The van der Waals surface area contributed by atoms with Crippen molar-refractivity contribution < 1.29 is 4.79 Å². The van der Waals surface area contributed by atoms with E-state index in [-0.39, 0.29) is 5.91 Å². The van der Waals surface area contributed by atoms with Crippen LogP contribution >= 0.6 is 11.3 Å². The number of hydrogen-bond acceptors (Lipinski definition) is 5. The van der Waals surface area contributed by atoms with Crippen molar-refractivity contribution in [3.63, 3.8) is 0 Å². The Labute approximate surface area is 163 Å². The van der Waals surface area contributed by atoms with Gasteiger partial charge in [-0.25, -0.2) is 0 Å². The van der Waals surface area contributed by atoms with Gasteiger partial charge in [0.05, 0.1) is 11.9 Å². The average Bonchev–Trinajstić information content (AvgIpc) is 3.15. The number of thiophene rings is 1. The monoisotopic (exact) mass is 384 g/mol. The van der Waals surface area contributed by atoms with E-state index >= 15 is 0 Å². The van der Waals surface area contributed by atoms with Crippen molar-refractivity contribution in [2.24, 2.45) is 5.11 Å². The van der Waals surface area contributed by atoms with E-state index in [4.69, 9.17) is 5.53 Å². The molecule has 8 heteroatoms. The summed E-state index contributed by atoms with van der Waals surface area (Å²) in [6, 6.07) is 6.50. The molecular formula is C19H24N6OS. The Morgan fingerprint density at radius 1 is 1.19 bits per heavy atom. The van der Waals surface area contributed by atoms with E-state index < -0.39 is 0 Å². The van der Waals surface area contributed by atoms with E-state index in [2.05, 4.69) is 38.1 Å². The molecule has 0 spiro atoms. The number of piperazine rings is 1. The van der Waals surface area contributed by atoms with Crippen molar-refractivity contribution in [3.8, 4) is 0 Å². The van der Waals surface area contributed by atoms with E-state index in [1.54, 1.807) is 18.3 Å². The fourth-order valence-corrected chi connectivity index (χ4v) is 4.23. The van der Waals surface area contributed by atoms with E-state index in [1.807, 2.05) is 17.3 Å². The summed E-state index contributed by atoms with van der Waals surface area (Å²) >= 11 is 1.79. The number of amides is 1. The maximum atomic E-state index is 11.5. The molecule has 142 valence electrons. The summed E-state index contributed by atoms with van der Waals surface area (Å²) in [6.45, 7) is 5.39. The lowest BCUT2D eigenvalue weighted by atomic mass is 10.1. The first-order valence-electron chi connectivity index (χ1n) is 9.18. The Hall–Kier alpha value is -2.57. The second kappa shape index (κ2) is 9.39. The molecule has 0 aromatic carbocycles. The molecule has 7 nitrogen and oxygen atoms in total. The Morgan fingerprint density at radius 2 is 1.93 bits per heavy atom. The van der Waals surface area contributed by atoms with Crippen LogP contribution in [0.5, 0.6) is 0 Å². The van der Waals surface area contributed by atoms with Gasteiger partial charge in [0, 0.05) is 60.5 Å². The number of carbonyl (C=O) groups is 1. The maximum Gasteiger partial charge on any atom is 0.219 e. The van der Waals surface area contributed by atoms with Crippen LogP contribution in [0.1, 0.15) is 22.2 Å². The van der Waals surface area contributed by atoms with Crippen LogP contribution in [0.4, 0.5) is 5.69 Å². The minimum Gasteiger partial charge on any atom is -0.367 e. The van der Waals surface area contributed by atoms with Gasteiger partial charge in [0.25, 0.3) is 0 Å². The van der Waals surface area contributed by atoms with E-state index in [1.165, 1.54) is 15.3 Å². The number of carbonyl (C=O) groups excluding carboxylic acids is 1. The highest BCUT2D eigenvalue weighted by Gasteiger charge is 2.19. The van der Waals surface area contributed by atoms with Crippen LogP contribution in [0.15, 0.2) is 35.7 Å². The normalized spacial score (nSPS) is 14.1. The number of rotatable bonds is 7. The van der Waals surface area contributed by atoms with Crippen LogP contribution in [-0.2, 0) is 24.1 Å². The van der Waals surface area contributed by atoms with Gasteiger partial charge in [-0.15, -0.1) is 11.3 Å². The zero-order valence-electron chi connectivity index (χ0n) is 15.5. The number of nitrogens with zero attached hydrogens (tertiary/aromatic N) is 6. The van der Waals surface area contributed by atoms with Crippen molar-refractivity contribution in [2.45, 2.75) is 26.2 Å². The number of pyridine rings is 1. The second-order valence-corrected chi connectivity index (χ2v) is 7.87. The molecule has 2 aromatic rings. The molecule has 1 aliphatic rings. The van der Waals surface area contributed by atoms with Gasteiger partial charge >= 0.3 is 0 Å². The highest BCUT2D eigenvalue weighted by molar-refractivity contribution is 7.12. The molecule has 3 rings (SSSR count). The SMILES string of the molecule is CC(=O)N1CCN(c2cncc(CCc3ccc(CCN=[N+]=[N-])s3)c2)CC1. The Balaban J connectivity index is 1.54. The van der Waals surface area contributed by atoms with Gasteiger partial charge in [-0.3, -0.25) is 9.78 Å². The minimum atomic E-state index is 0.149. The second-order valence-electron chi connectivity index (χ2n) is 6.62. The molecule has 0 atom stereocenters. The largest absolute Gasteiger partial charge is 0.367 e. The van der Waals surface area contributed by atoms with Gasteiger partial charge in [0.1, 0.15) is 0 Å². The minimum absolute atomic E-state index is 0.149. The first-order chi connectivity index (χ1) is 13.2. The molecule has 0 unspecified atom stereocenters. The van der Waals surface area contributed by atoms with Crippen molar-refractivity contribution in [1.29, 1.82) is 0 Å². The smallest absolute Gasteiger partial charge is 0.219 e. The lowest BCUT2D eigenvalue weighted by Crippen LogP contribution is -2.48. The molecule has 27 heavy (non-hydrogen) atoms. The number of aromatic nitrogens is 1.